The second kappa shape index (κ2) is 31.8. The second-order valence-corrected chi connectivity index (χ2v) is 14.1. The zero-order chi connectivity index (χ0) is 39.8. The first-order valence-corrected chi connectivity index (χ1v) is 20.2. The molecule has 0 aromatic carbocycles. The summed E-state index contributed by atoms with van der Waals surface area (Å²) in [5, 5.41) is 9.74. The molecular formula is C40H70N3O11+. The predicted molar refractivity (Wildman–Crippen MR) is 202 cm³/mol. The standard InChI is InChI=1S/C40H70N3O11/c1-5-7-9-11-13-15-17-19-36(45)53-31-34(29-44)27-38(47)51-25-23-42(40(49)43-22-21-41(3)33-43)24-26-52-39(48)28-35(30-50-4)32-54-37(46)20-18-16-14-12-10-8-6-2/h21-22,33-35,44H,5-20,23-32H2,1-4H3/q+1. The molecule has 1 aromatic heterocycles. The number of hydrogen-bond acceptors (Lipinski definition) is 11. The lowest BCUT2D eigenvalue weighted by molar-refractivity contribution is -0.670. The van der Waals surface area contributed by atoms with Crippen LogP contribution in [0.5, 0.6) is 0 Å². The molecule has 2 atom stereocenters. The van der Waals surface area contributed by atoms with Crippen LogP contribution in [0.3, 0.4) is 0 Å². The highest BCUT2D eigenvalue weighted by Crippen LogP contribution is 2.13. The third kappa shape index (κ3) is 24.7. The number of esters is 4. The van der Waals surface area contributed by atoms with E-state index in [1.807, 2.05) is 0 Å². The fraction of sp³-hybridized carbons (Fsp3) is 0.800. The minimum atomic E-state index is -0.608. The number of aliphatic hydroxyl groups excluding tert-OH is 1. The highest BCUT2D eigenvalue weighted by Gasteiger charge is 2.24. The number of methoxy groups -OCH3 is 1. The van der Waals surface area contributed by atoms with Gasteiger partial charge in [0.1, 0.15) is 25.6 Å². The average Bonchev–Trinajstić information content (AvgIpc) is 3.59. The van der Waals surface area contributed by atoms with Gasteiger partial charge in [0.25, 0.3) is 6.33 Å². The number of ether oxygens (including phenoxy) is 5. The van der Waals surface area contributed by atoms with Crippen LogP contribution in [0, 0.1) is 11.8 Å². The number of hydrogen-bond donors (Lipinski definition) is 1. The minimum absolute atomic E-state index is 0.0161. The van der Waals surface area contributed by atoms with E-state index in [0.29, 0.717) is 12.8 Å². The first-order chi connectivity index (χ1) is 26.1. The Bertz CT molecular complexity index is 1180. The molecule has 1 N–H and O–H groups in total. The average molecular weight is 769 g/mol. The lowest BCUT2D eigenvalue weighted by atomic mass is 10.1. The van der Waals surface area contributed by atoms with Gasteiger partial charge >= 0.3 is 29.9 Å². The van der Waals surface area contributed by atoms with Gasteiger partial charge in [-0.2, -0.15) is 4.57 Å². The summed E-state index contributed by atoms with van der Waals surface area (Å²) >= 11 is 0. The number of aromatic nitrogens is 2. The van der Waals surface area contributed by atoms with Crippen LogP contribution in [0.4, 0.5) is 4.79 Å². The fourth-order valence-corrected chi connectivity index (χ4v) is 5.75. The first-order valence-electron chi connectivity index (χ1n) is 20.2. The molecule has 0 fully saturated rings. The van der Waals surface area contributed by atoms with Gasteiger partial charge in [0.15, 0.2) is 0 Å². The molecule has 1 rings (SSSR count). The van der Waals surface area contributed by atoms with E-state index in [1.165, 1.54) is 61.5 Å². The van der Waals surface area contributed by atoms with Crippen LogP contribution in [0.15, 0.2) is 18.7 Å². The molecule has 0 saturated carbocycles. The van der Waals surface area contributed by atoms with E-state index in [0.717, 1.165) is 44.9 Å². The number of aryl methyl sites for hydroxylation is 1. The fourth-order valence-electron chi connectivity index (χ4n) is 5.75. The van der Waals surface area contributed by atoms with Gasteiger partial charge in [-0.25, -0.2) is 9.36 Å². The number of unbranched alkanes of at least 4 members (excludes halogenated alkanes) is 12. The molecule has 54 heavy (non-hydrogen) atoms. The van der Waals surface area contributed by atoms with Crippen LogP contribution < -0.4 is 4.57 Å². The molecule has 0 aliphatic carbocycles. The molecule has 310 valence electrons. The molecule has 14 heteroatoms. The zero-order valence-electron chi connectivity index (χ0n) is 33.6. The summed E-state index contributed by atoms with van der Waals surface area (Å²) in [5.74, 6) is -2.76. The number of nitrogens with zero attached hydrogens (tertiary/aromatic N) is 3. The molecule has 1 amide bonds. The number of rotatable bonds is 33. The van der Waals surface area contributed by atoms with Crippen molar-refractivity contribution in [1.82, 2.24) is 9.47 Å². The van der Waals surface area contributed by atoms with Crippen LogP contribution >= 0.6 is 0 Å². The Hall–Kier alpha value is -3.52. The van der Waals surface area contributed by atoms with Crippen molar-refractivity contribution in [1.29, 1.82) is 0 Å². The smallest absolute Gasteiger partial charge is 0.416 e. The van der Waals surface area contributed by atoms with E-state index < -0.39 is 23.9 Å². The summed E-state index contributed by atoms with van der Waals surface area (Å²) in [6.07, 6.45) is 20.6. The molecule has 1 heterocycles. The van der Waals surface area contributed by atoms with Gasteiger partial charge in [0.2, 0.25) is 0 Å². The predicted octanol–water partition coefficient (Wildman–Crippen LogP) is 5.69. The van der Waals surface area contributed by atoms with Crippen LogP contribution in [-0.2, 0) is 49.9 Å². The maximum absolute atomic E-state index is 13.2. The van der Waals surface area contributed by atoms with E-state index in [2.05, 4.69) is 13.8 Å². The van der Waals surface area contributed by atoms with Crippen molar-refractivity contribution in [3.8, 4) is 0 Å². The number of carbonyl (C=O) groups is 5. The Kier molecular flexibility index (Phi) is 28.6. The number of aliphatic hydroxyl groups is 1. The monoisotopic (exact) mass is 769 g/mol. The molecular weight excluding hydrogens is 698 g/mol. The Morgan fingerprint density at radius 3 is 1.56 bits per heavy atom. The molecule has 0 aliphatic rings. The van der Waals surface area contributed by atoms with Crippen molar-refractivity contribution in [2.45, 2.75) is 129 Å². The van der Waals surface area contributed by atoms with Gasteiger partial charge in [-0.3, -0.25) is 24.1 Å². The van der Waals surface area contributed by atoms with E-state index in [1.54, 1.807) is 30.3 Å². The maximum Gasteiger partial charge on any atom is 0.416 e. The highest BCUT2D eigenvalue weighted by molar-refractivity contribution is 5.76. The van der Waals surface area contributed by atoms with Crippen molar-refractivity contribution in [3.05, 3.63) is 18.7 Å². The highest BCUT2D eigenvalue weighted by atomic mass is 16.5. The van der Waals surface area contributed by atoms with Crippen molar-refractivity contribution < 1.29 is 57.3 Å². The third-order valence-electron chi connectivity index (χ3n) is 9.01. The van der Waals surface area contributed by atoms with Gasteiger partial charge in [0, 0.05) is 38.4 Å². The summed E-state index contributed by atoms with van der Waals surface area (Å²) in [5.41, 5.74) is 0. The lowest BCUT2D eigenvalue weighted by Gasteiger charge is -2.21. The maximum atomic E-state index is 13.2. The normalized spacial score (nSPS) is 12.2. The first kappa shape index (κ1) is 48.5. The number of amides is 1. The molecule has 0 bridgehead atoms. The summed E-state index contributed by atoms with van der Waals surface area (Å²) in [4.78, 5) is 64.3. The van der Waals surface area contributed by atoms with E-state index >= 15 is 0 Å². The lowest BCUT2D eigenvalue weighted by Crippen LogP contribution is -2.40. The Morgan fingerprint density at radius 2 is 1.11 bits per heavy atom. The van der Waals surface area contributed by atoms with E-state index in [4.69, 9.17) is 23.7 Å². The van der Waals surface area contributed by atoms with E-state index in [-0.39, 0.29) is 83.4 Å². The van der Waals surface area contributed by atoms with Crippen LogP contribution in [0.1, 0.15) is 129 Å². The quantitative estimate of drug-likeness (QED) is 0.0405. The largest absolute Gasteiger partial charge is 0.465 e. The van der Waals surface area contributed by atoms with Crippen LogP contribution in [-0.4, -0.2) is 104 Å². The molecule has 0 spiro atoms. The summed E-state index contributed by atoms with van der Waals surface area (Å²) in [6.45, 7) is 3.95. The molecule has 14 nitrogen and oxygen atoms in total. The van der Waals surface area contributed by atoms with Gasteiger partial charge in [-0.1, -0.05) is 90.9 Å². The van der Waals surface area contributed by atoms with Crippen molar-refractivity contribution in [2.24, 2.45) is 18.9 Å². The van der Waals surface area contributed by atoms with Gasteiger partial charge in [-0.15, -0.1) is 0 Å². The van der Waals surface area contributed by atoms with Gasteiger partial charge in [0.05, 0.1) is 52.8 Å². The van der Waals surface area contributed by atoms with Crippen molar-refractivity contribution in [2.75, 3.05) is 59.8 Å². The molecule has 2 unspecified atom stereocenters. The second-order valence-electron chi connectivity index (χ2n) is 14.1. The Labute approximate surface area is 323 Å². The van der Waals surface area contributed by atoms with Crippen LogP contribution in [0.2, 0.25) is 0 Å². The molecule has 0 radical (unpaired) electrons. The Morgan fingerprint density at radius 1 is 0.648 bits per heavy atom. The number of imidazole rings is 1. The van der Waals surface area contributed by atoms with Gasteiger partial charge in [-0.05, 0) is 12.8 Å². The molecule has 1 aromatic rings. The topological polar surface area (TPSA) is 164 Å². The number of carbonyl (C=O) groups excluding carboxylic acids is 5. The minimum Gasteiger partial charge on any atom is -0.465 e. The van der Waals surface area contributed by atoms with Gasteiger partial charge < -0.3 is 28.8 Å². The SMILES string of the molecule is CCCCCCCCCC(=O)OCC(CO)CC(=O)OCCN(CCOC(=O)CC(COC)COC(=O)CCCCCCCCC)C(=O)n1cc[n+](C)c1. The molecule has 0 aliphatic heterocycles. The van der Waals surface area contributed by atoms with Crippen LogP contribution in [0.25, 0.3) is 0 Å². The summed E-state index contributed by atoms with van der Waals surface area (Å²) in [6, 6.07) is -0.408. The van der Waals surface area contributed by atoms with E-state index in [9.17, 15) is 29.1 Å². The summed E-state index contributed by atoms with van der Waals surface area (Å²) < 4.78 is 29.8. The Balaban J connectivity index is 2.51. The van der Waals surface area contributed by atoms with Crippen molar-refractivity contribution >= 4 is 29.9 Å². The summed E-state index contributed by atoms with van der Waals surface area (Å²) in [7, 11) is 3.28. The zero-order valence-corrected chi connectivity index (χ0v) is 33.6. The molecule has 0 saturated heterocycles. The third-order valence-corrected chi connectivity index (χ3v) is 9.01. The van der Waals surface area contributed by atoms with Crippen molar-refractivity contribution in [3.63, 3.8) is 0 Å².